The van der Waals surface area contributed by atoms with E-state index in [0.717, 1.165) is 36.3 Å². The van der Waals surface area contributed by atoms with Crippen LogP contribution < -0.4 is 21.8 Å². The van der Waals surface area contributed by atoms with Gasteiger partial charge < -0.3 is 29.4 Å². The van der Waals surface area contributed by atoms with Gasteiger partial charge in [-0.2, -0.15) is 0 Å². The lowest BCUT2D eigenvalue weighted by Crippen LogP contribution is -2.40. The van der Waals surface area contributed by atoms with E-state index in [1.807, 2.05) is 0 Å². The molecule has 6 rings (SSSR count). The summed E-state index contributed by atoms with van der Waals surface area (Å²) in [5, 5.41) is 9.97. The van der Waals surface area contributed by atoms with Gasteiger partial charge in [-0.25, -0.2) is 9.95 Å². The molecule has 0 saturated heterocycles. The molecule has 2 heterocycles. The second kappa shape index (κ2) is 16.9. The van der Waals surface area contributed by atoms with E-state index in [0.29, 0.717) is 0 Å². The van der Waals surface area contributed by atoms with Crippen molar-refractivity contribution >= 4 is 13.1 Å². The minimum atomic E-state index is -4.40. The van der Waals surface area contributed by atoms with Crippen molar-refractivity contribution in [3.63, 3.8) is 0 Å². The summed E-state index contributed by atoms with van der Waals surface area (Å²) in [5.41, 5.74) is -0.835. The number of furan rings is 1. The van der Waals surface area contributed by atoms with E-state index < -0.39 is 18.7 Å². The quantitative estimate of drug-likeness (QED) is 0.239. The Morgan fingerprint density at radius 1 is 0.659 bits per heavy atom. The van der Waals surface area contributed by atoms with Gasteiger partial charge in [0, 0.05) is 24.2 Å². The van der Waals surface area contributed by atoms with Crippen molar-refractivity contribution in [2.45, 2.75) is 153 Å². The minimum Gasteiger partial charge on any atom is -0.446 e. The maximum absolute atomic E-state index is 10.8. The second-order valence-corrected chi connectivity index (χ2v) is 14.0. The summed E-state index contributed by atoms with van der Waals surface area (Å²) in [5.74, 6) is 0.124. The monoisotopic (exact) mass is 593 g/mol. The van der Waals surface area contributed by atoms with Crippen LogP contribution in [-0.4, -0.2) is 39.1 Å². The van der Waals surface area contributed by atoms with E-state index in [1.54, 1.807) is 0 Å². The van der Waals surface area contributed by atoms with Gasteiger partial charge in [0.15, 0.2) is 5.76 Å². The summed E-state index contributed by atoms with van der Waals surface area (Å²) in [6.07, 6.45) is 29.1. The van der Waals surface area contributed by atoms with Gasteiger partial charge in [-0.1, -0.05) is 77.0 Å². The lowest BCUT2D eigenvalue weighted by molar-refractivity contribution is 0.291. The Morgan fingerprint density at radius 2 is 1.05 bits per heavy atom. The van der Waals surface area contributed by atoms with Crippen molar-refractivity contribution in [2.75, 3.05) is 0 Å². The average molecular weight is 594 g/mol. The van der Waals surface area contributed by atoms with Gasteiger partial charge in [0.05, 0.1) is 6.07 Å². The van der Waals surface area contributed by atoms with Crippen molar-refractivity contribution < 1.29 is 23.3 Å². The van der Waals surface area contributed by atoms with Gasteiger partial charge in [0.2, 0.25) is 5.50 Å². The van der Waals surface area contributed by atoms with Gasteiger partial charge in [-0.15, -0.1) is 0 Å². The fourth-order valence-corrected chi connectivity index (χ4v) is 7.26. The molecule has 0 amide bonds. The lowest BCUT2D eigenvalue weighted by atomic mass is 9.91. The summed E-state index contributed by atoms with van der Waals surface area (Å²) in [4.78, 5) is 28.2. The molecule has 0 aromatic carbocycles. The fourth-order valence-electron chi connectivity index (χ4n) is 6.78. The smallest absolute Gasteiger partial charge is 0.391 e. The Hall–Kier alpha value is -1.64. The molecule has 4 aliphatic carbocycles. The normalized spacial score (nSPS) is 21.9. The largest absolute Gasteiger partial charge is 0.446 e. The van der Waals surface area contributed by atoms with Crippen LogP contribution in [0.25, 0.3) is 11.5 Å². The molecule has 5 N–H and O–H groups in total. The van der Waals surface area contributed by atoms with Crippen molar-refractivity contribution in [1.29, 1.82) is 0 Å². The first-order valence-electron chi connectivity index (χ1n) is 16.2. The summed E-state index contributed by atoms with van der Waals surface area (Å²) < 4.78 is 20.0. The third kappa shape index (κ3) is 11.5. The van der Waals surface area contributed by atoms with Crippen molar-refractivity contribution in [2.24, 2.45) is 0 Å². The fraction of sp³-hybridized carbons (Fsp3) is 0.774. The number of nitrogens with one attached hydrogen (secondary N) is 3. The number of aromatic nitrogens is 1. The highest BCUT2D eigenvalue weighted by Crippen LogP contribution is 2.35. The Kier molecular flexibility index (Phi) is 13.3. The zero-order valence-corrected chi connectivity index (χ0v) is 25.6. The van der Waals surface area contributed by atoms with E-state index in [9.17, 15) is 9.36 Å². The standard InChI is InChI=1S/2C12H23N.C7H6NO6P/c2*1-3-7-11(8-4-1)13-12-9-5-2-6-10-12;9-6-3-4(8-14-6)5-1-2-7(13-5)15(10,11)12/h2*11-13H,1-10H2;1-3,8H,(H2,10,11,12). The van der Waals surface area contributed by atoms with Gasteiger partial charge >= 0.3 is 13.2 Å². The minimum absolute atomic E-state index is 0.124. The molecule has 0 atom stereocenters. The molecule has 4 fully saturated rings. The van der Waals surface area contributed by atoms with E-state index in [4.69, 9.17) is 14.2 Å². The van der Waals surface area contributed by atoms with Gasteiger partial charge in [0.1, 0.15) is 5.69 Å². The highest BCUT2D eigenvalue weighted by molar-refractivity contribution is 7.59. The molecule has 232 valence electrons. The van der Waals surface area contributed by atoms with E-state index in [-0.39, 0.29) is 11.5 Å². The molecule has 2 aromatic heterocycles. The first-order valence-corrected chi connectivity index (χ1v) is 17.8. The average Bonchev–Trinajstić information content (AvgIpc) is 3.66. The molecule has 4 aliphatic rings. The number of hydrogen-bond donors (Lipinski definition) is 5. The molecule has 2 aromatic rings. The third-order valence-electron chi connectivity index (χ3n) is 9.03. The molecular formula is C31H52N3O6P. The van der Waals surface area contributed by atoms with Crippen LogP contribution in [0.2, 0.25) is 0 Å². The van der Waals surface area contributed by atoms with Crippen molar-refractivity contribution in [1.82, 2.24) is 15.8 Å². The van der Waals surface area contributed by atoms with E-state index in [2.05, 4.69) is 20.3 Å². The first-order chi connectivity index (χ1) is 19.9. The SMILES string of the molecule is C1CCC(NC2CCCCC2)CC1.C1CCC(NC2CCCCC2)CC1.O=c1cc(-c2ccc(P(=O)(O)O)o2)[nH]o1. The number of hydrogen-bond acceptors (Lipinski definition) is 6. The van der Waals surface area contributed by atoms with Crippen LogP contribution in [-0.2, 0) is 4.57 Å². The van der Waals surface area contributed by atoms with E-state index >= 15 is 0 Å². The zero-order valence-electron chi connectivity index (χ0n) is 24.7. The summed E-state index contributed by atoms with van der Waals surface area (Å²) in [6.45, 7) is 0. The Labute approximate surface area is 244 Å². The maximum Gasteiger partial charge on any atom is 0.391 e. The van der Waals surface area contributed by atoms with Crippen LogP contribution in [0.15, 0.2) is 31.9 Å². The summed E-state index contributed by atoms with van der Waals surface area (Å²) in [7, 11) is -4.40. The van der Waals surface area contributed by atoms with Gasteiger partial charge in [-0.3, -0.25) is 4.57 Å². The molecule has 10 heteroatoms. The topological polar surface area (TPSA) is 141 Å². The molecule has 9 nitrogen and oxygen atoms in total. The third-order valence-corrected chi connectivity index (χ3v) is 9.85. The zero-order chi connectivity index (χ0) is 28.9. The van der Waals surface area contributed by atoms with Crippen LogP contribution in [0.1, 0.15) is 128 Å². The number of H-pyrrole nitrogens is 1. The summed E-state index contributed by atoms with van der Waals surface area (Å²) in [6, 6.07) is 7.07. The molecule has 0 unspecified atom stereocenters. The van der Waals surface area contributed by atoms with E-state index in [1.165, 1.54) is 134 Å². The van der Waals surface area contributed by atoms with Crippen molar-refractivity contribution in [3.05, 3.63) is 28.6 Å². The highest BCUT2D eigenvalue weighted by Gasteiger charge is 2.23. The van der Waals surface area contributed by atoms with Crippen LogP contribution in [0.4, 0.5) is 0 Å². The molecule has 0 aliphatic heterocycles. The Morgan fingerprint density at radius 3 is 1.34 bits per heavy atom. The number of aromatic amines is 1. The Bertz CT molecular complexity index is 1020. The number of rotatable bonds is 6. The Balaban J connectivity index is 0.000000142. The first kappa shape index (κ1) is 32.3. The van der Waals surface area contributed by atoms with Crippen LogP contribution >= 0.6 is 7.60 Å². The molecule has 0 bridgehead atoms. The second-order valence-electron chi connectivity index (χ2n) is 12.4. The lowest BCUT2D eigenvalue weighted by Gasteiger charge is -2.30. The molecule has 0 radical (unpaired) electrons. The molecule has 41 heavy (non-hydrogen) atoms. The molecule has 4 saturated carbocycles. The van der Waals surface area contributed by atoms with Gasteiger partial charge in [-0.05, 0) is 63.5 Å². The molecular weight excluding hydrogens is 541 g/mol. The summed E-state index contributed by atoms with van der Waals surface area (Å²) >= 11 is 0. The van der Waals surface area contributed by atoms with Crippen LogP contribution in [0, 0.1) is 0 Å². The maximum atomic E-state index is 10.8. The predicted octanol–water partition coefficient (Wildman–Crippen LogP) is 6.51. The highest BCUT2D eigenvalue weighted by atomic mass is 31.2. The van der Waals surface area contributed by atoms with Crippen LogP contribution in [0.3, 0.4) is 0 Å². The predicted molar refractivity (Wildman–Crippen MR) is 162 cm³/mol. The van der Waals surface area contributed by atoms with Crippen molar-refractivity contribution in [3.8, 4) is 11.5 Å². The van der Waals surface area contributed by atoms with Crippen LogP contribution in [0.5, 0.6) is 0 Å². The molecule has 0 spiro atoms. The van der Waals surface area contributed by atoms with Gasteiger partial charge in [0.25, 0.3) is 0 Å².